The van der Waals surface area contributed by atoms with Crippen LogP contribution >= 0.6 is 0 Å². The summed E-state index contributed by atoms with van der Waals surface area (Å²) in [5.74, 6) is 0. The Balaban J connectivity index is 1.64. The van der Waals surface area contributed by atoms with Crippen LogP contribution in [0.25, 0.3) is 10.9 Å². The molecule has 1 unspecified atom stereocenters. The van der Waals surface area contributed by atoms with Crippen LogP contribution in [0.1, 0.15) is 35.8 Å². The molecule has 3 N–H and O–H groups in total. The molecule has 2 aromatic heterocycles. The van der Waals surface area contributed by atoms with Gasteiger partial charge in [-0.2, -0.15) is 0 Å². The van der Waals surface area contributed by atoms with Crippen molar-refractivity contribution in [2.24, 2.45) is 0 Å². The van der Waals surface area contributed by atoms with Crippen LogP contribution in [0.2, 0.25) is 0 Å². The van der Waals surface area contributed by atoms with Gasteiger partial charge in [0.15, 0.2) is 0 Å². The first-order chi connectivity index (χ1) is 9.92. The normalized spacial score (nSPS) is 18.3. The molecule has 2 heterocycles. The highest BCUT2D eigenvalue weighted by Crippen LogP contribution is 2.34. The van der Waals surface area contributed by atoms with Crippen molar-refractivity contribution in [3.63, 3.8) is 0 Å². The van der Waals surface area contributed by atoms with E-state index in [4.69, 9.17) is 0 Å². The van der Waals surface area contributed by atoms with Gasteiger partial charge in [0.25, 0.3) is 0 Å². The average molecular weight is 266 g/mol. The number of aryl methyl sites for hydroxylation is 1. The maximum absolute atomic E-state index is 4.06. The second-order valence-corrected chi connectivity index (χ2v) is 5.47. The Labute approximate surface area is 117 Å². The zero-order valence-electron chi connectivity index (χ0n) is 11.3. The van der Waals surface area contributed by atoms with Crippen molar-refractivity contribution in [2.75, 3.05) is 0 Å². The minimum Gasteiger partial charge on any atom is -0.357 e. The Bertz CT molecular complexity index is 711. The molecule has 4 nitrogen and oxygen atoms in total. The number of nitrogens with zero attached hydrogens (tertiary/aromatic N) is 1. The molecule has 4 heteroatoms. The molecule has 0 bridgehead atoms. The number of rotatable bonds is 3. The largest absolute Gasteiger partial charge is 0.357 e. The second kappa shape index (κ2) is 4.80. The summed E-state index contributed by atoms with van der Waals surface area (Å²) in [6, 6.07) is 9.02. The first-order valence-corrected chi connectivity index (χ1v) is 7.22. The van der Waals surface area contributed by atoms with Crippen molar-refractivity contribution in [1.29, 1.82) is 0 Å². The Morgan fingerprint density at radius 2 is 2.25 bits per heavy atom. The topological polar surface area (TPSA) is 56.5 Å². The van der Waals surface area contributed by atoms with E-state index < -0.39 is 0 Å². The van der Waals surface area contributed by atoms with Gasteiger partial charge in [0, 0.05) is 41.1 Å². The third-order valence-electron chi connectivity index (χ3n) is 4.21. The third-order valence-corrected chi connectivity index (χ3v) is 4.21. The second-order valence-electron chi connectivity index (χ2n) is 5.47. The molecule has 4 rings (SSSR count). The summed E-state index contributed by atoms with van der Waals surface area (Å²) in [5, 5.41) is 5.02. The summed E-state index contributed by atoms with van der Waals surface area (Å²) >= 11 is 0. The summed E-state index contributed by atoms with van der Waals surface area (Å²) in [4.78, 5) is 10.8. The minimum atomic E-state index is 0.412. The van der Waals surface area contributed by atoms with Crippen molar-refractivity contribution >= 4 is 10.9 Å². The molecule has 1 aliphatic carbocycles. The van der Waals surface area contributed by atoms with Crippen molar-refractivity contribution in [3.05, 3.63) is 53.7 Å². The van der Waals surface area contributed by atoms with Gasteiger partial charge in [-0.25, -0.2) is 4.98 Å². The smallest absolute Gasteiger partial charge is 0.0922 e. The Kier molecular flexibility index (Phi) is 2.81. The highest BCUT2D eigenvalue weighted by molar-refractivity contribution is 5.85. The van der Waals surface area contributed by atoms with Gasteiger partial charge in [0.1, 0.15) is 0 Å². The van der Waals surface area contributed by atoms with Crippen LogP contribution in [0.3, 0.4) is 0 Å². The maximum atomic E-state index is 4.06. The lowest BCUT2D eigenvalue weighted by Crippen LogP contribution is -2.25. The molecule has 1 aromatic carbocycles. The molecule has 102 valence electrons. The van der Waals surface area contributed by atoms with Gasteiger partial charge in [0.05, 0.1) is 6.33 Å². The van der Waals surface area contributed by atoms with E-state index in [1.165, 1.54) is 41.4 Å². The predicted octanol–water partition coefficient (Wildman–Crippen LogP) is 3.06. The van der Waals surface area contributed by atoms with Crippen LogP contribution in [-0.2, 0) is 13.0 Å². The molecule has 0 amide bonds. The summed E-state index contributed by atoms with van der Waals surface area (Å²) < 4.78 is 0. The zero-order chi connectivity index (χ0) is 13.4. The quantitative estimate of drug-likeness (QED) is 0.682. The first-order valence-electron chi connectivity index (χ1n) is 7.22. The van der Waals surface area contributed by atoms with E-state index in [2.05, 4.69) is 44.5 Å². The van der Waals surface area contributed by atoms with E-state index in [0.717, 1.165) is 12.2 Å². The van der Waals surface area contributed by atoms with E-state index in [-0.39, 0.29) is 0 Å². The fraction of sp³-hybridized carbons (Fsp3) is 0.312. The van der Waals surface area contributed by atoms with Crippen LogP contribution < -0.4 is 5.32 Å². The number of aromatic amines is 2. The van der Waals surface area contributed by atoms with Crippen LogP contribution in [0.15, 0.2) is 36.8 Å². The molecule has 0 fully saturated rings. The fourth-order valence-electron chi connectivity index (χ4n) is 3.23. The molecule has 3 aromatic rings. The highest BCUT2D eigenvalue weighted by Gasteiger charge is 2.23. The number of fused-ring (bicyclic) bond motifs is 3. The molecule has 0 spiro atoms. The number of nitrogens with one attached hydrogen (secondary N) is 3. The number of para-hydroxylation sites is 1. The lowest BCUT2D eigenvalue weighted by atomic mass is 9.91. The van der Waals surface area contributed by atoms with Crippen LogP contribution in [0.4, 0.5) is 0 Å². The van der Waals surface area contributed by atoms with E-state index in [9.17, 15) is 0 Å². The fourth-order valence-corrected chi connectivity index (χ4v) is 3.23. The molecule has 0 radical (unpaired) electrons. The summed E-state index contributed by atoms with van der Waals surface area (Å²) in [6.07, 6.45) is 7.22. The molecule has 0 aliphatic heterocycles. The van der Waals surface area contributed by atoms with Gasteiger partial charge < -0.3 is 15.3 Å². The Hall–Kier alpha value is -2.07. The van der Waals surface area contributed by atoms with Crippen LogP contribution in [0, 0.1) is 0 Å². The standard InChI is InChI=1S/C16H18N4/c1-2-6-14-12(4-1)13-5-3-7-15(16(13)20-14)18-9-11-8-17-10-19-11/h1-2,4,6,8,10,15,18,20H,3,5,7,9H2,(H,17,19). The van der Waals surface area contributed by atoms with Crippen LogP contribution in [-0.4, -0.2) is 15.0 Å². The van der Waals surface area contributed by atoms with Gasteiger partial charge in [-0.1, -0.05) is 18.2 Å². The minimum absolute atomic E-state index is 0.412. The molecule has 1 atom stereocenters. The number of imidazole rings is 1. The van der Waals surface area contributed by atoms with Gasteiger partial charge in [-0.15, -0.1) is 0 Å². The molecular weight excluding hydrogens is 248 g/mol. The Morgan fingerprint density at radius 1 is 1.30 bits per heavy atom. The van der Waals surface area contributed by atoms with Gasteiger partial charge >= 0.3 is 0 Å². The van der Waals surface area contributed by atoms with Gasteiger partial charge in [-0.3, -0.25) is 0 Å². The first kappa shape index (κ1) is 11.7. The Morgan fingerprint density at radius 3 is 3.15 bits per heavy atom. The van der Waals surface area contributed by atoms with Crippen molar-refractivity contribution < 1.29 is 0 Å². The number of H-pyrrole nitrogens is 2. The highest BCUT2D eigenvalue weighted by atomic mass is 15.0. The number of hydrogen-bond donors (Lipinski definition) is 3. The molecule has 0 saturated heterocycles. The van der Waals surface area contributed by atoms with Gasteiger partial charge in [0.2, 0.25) is 0 Å². The lowest BCUT2D eigenvalue weighted by Gasteiger charge is -2.23. The zero-order valence-corrected chi connectivity index (χ0v) is 11.3. The van der Waals surface area contributed by atoms with Crippen molar-refractivity contribution in [1.82, 2.24) is 20.3 Å². The number of aromatic nitrogens is 3. The van der Waals surface area contributed by atoms with E-state index in [0.29, 0.717) is 6.04 Å². The SMILES string of the molecule is c1ccc2c3c([nH]c2c1)C(NCc1cnc[nH]1)CCC3. The van der Waals surface area contributed by atoms with E-state index in [1.54, 1.807) is 6.33 Å². The van der Waals surface area contributed by atoms with Crippen molar-refractivity contribution in [3.8, 4) is 0 Å². The number of benzene rings is 1. The molecule has 20 heavy (non-hydrogen) atoms. The summed E-state index contributed by atoms with van der Waals surface area (Å²) in [7, 11) is 0. The lowest BCUT2D eigenvalue weighted by molar-refractivity contribution is 0.450. The average Bonchev–Trinajstić information content (AvgIpc) is 3.12. The third kappa shape index (κ3) is 1.93. The molecular formula is C16H18N4. The van der Waals surface area contributed by atoms with Crippen molar-refractivity contribution in [2.45, 2.75) is 31.8 Å². The van der Waals surface area contributed by atoms with Crippen LogP contribution in [0.5, 0.6) is 0 Å². The summed E-state index contributed by atoms with van der Waals surface area (Å²) in [5.41, 5.74) is 5.26. The molecule has 0 saturated carbocycles. The summed E-state index contributed by atoms with van der Waals surface area (Å²) in [6.45, 7) is 0.833. The van der Waals surface area contributed by atoms with Gasteiger partial charge in [-0.05, 0) is 30.9 Å². The molecule has 1 aliphatic rings. The monoisotopic (exact) mass is 266 g/mol. The number of hydrogen-bond acceptors (Lipinski definition) is 2. The predicted molar refractivity (Wildman–Crippen MR) is 79.4 cm³/mol. The maximum Gasteiger partial charge on any atom is 0.0922 e. The van der Waals surface area contributed by atoms with E-state index >= 15 is 0 Å². The van der Waals surface area contributed by atoms with E-state index in [1.807, 2.05) is 6.20 Å².